The molecule has 9 aromatic rings. The van der Waals surface area contributed by atoms with Gasteiger partial charge in [-0.25, -0.2) is 0 Å². The monoisotopic (exact) mass is 678 g/mol. The number of rotatable bonds is 4. The molecule has 2 aliphatic rings. The fourth-order valence-corrected chi connectivity index (χ4v) is 9.49. The first-order valence-electron chi connectivity index (χ1n) is 18.8. The molecule has 2 aromatic heterocycles. The van der Waals surface area contributed by atoms with Crippen LogP contribution in [0.15, 0.2) is 176 Å². The molecule has 0 saturated heterocycles. The van der Waals surface area contributed by atoms with E-state index in [-0.39, 0.29) is 11.5 Å². The summed E-state index contributed by atoms with van der Waals surface area (Å²) >= 11 is 0. The van der Waals surface area contributed by atoms with Crippen molar-refractivity contribution in [1.82, 2.24) is 9.13 Å². The Morgan fingerprint density at radius 3 is 1.94 bits per heavy atom. The van der Waals surface area contributed by atoms with E-state index in [1.165, 1.54) is 93.8 Å². The quantitative estimate of drug-likeness (QED) is 0.175. The van der Waals surface area contributed by atoms with E-state index in [1.807, 2.05) is 0 Å². The third-order valence-corrected chi connectivity index (χ3v) is 12.1. The van der Waals surface area contributed by atoms with Crippen LogP contribution in [-0.2, 0) is 5.41 Å². The zero-order chi connectivity index (χ0) is 35.3. The van der Waals surface area contributed by atoms with Crippen LogP contribution >= 0.6 is 0 Å². The van der Waals surface area contributed by atoms with Crippen molar-refractivity contribution in [2.45, 2.75) is 31.7 Å². The van der Waals surface area contributed by atoms with E-state index in [9.17, 15) is 0 Å². The van der Waals surface area contributed by atoms with Crippen LogP contribution in [0.5, 0.6) is 0 Å². The summed E-state index contributed by atoms with van der Waals surface area (Å²) in [7, 11) is 0. The molecule has 2 aliphatic carbocycles. The minimum atomic E-state index is -0.0648. The van der Waals surface area contributed by atoms with E-state index in [0.29, 0.717) is 0 Å². The molecule has 7 aromatic carbocycles. The maximum atomic E-state index is 2.55. The minimum Gasteiger partial charge on any atom is -0.333 e. The summed E-state index contributed by atoms with van der Waals surface area (Å²) in [5.41, 5.74) is 16.8. The second-order valence-electron chi connectivity index (χ2n) is 15.3. The predicted octanol–water partition coefficient (Wildman–Crippen LogP) is 13.4. The van der Waals surface area contributed by atoms with Crippen LogP contribution in [0.4, 0.5) is 0 Å². The van der Waals surface area contributed by atoms with Gasteiger partial charge in [0.2, 0.25) is 0 Å². The van der Waals surface area contributed by atoms with Crippen molar-refractivity contribution in [1.29, 1.82) is 0 Å². The highest BCUT2D eigenvalue weighted by molar-refractivity contribution is 6.14. The number of para-hydroxylation sites is 2. The molecule has 1 unspecified atom stereocenters. The van der Waals surface area contributed by atoms with Gasteiger partial charge >= 0.3 is 0 Å². The second kappa shape index (κ2) is 11.3. The Bertz CT molecular complexity index is 2990. The summed E-state index contributed by atoms with van der Waals surface area (Å²) in [5.74, 6) is 0. The summed E-state index contributed by atoms with van der Waals surface area (Å²) in [6.45, 7) is 4.74. The summed E-state index contributed by atoms with van der Waals surface area (Å²) < 4.78 is 5.01. The van der Waals surface area contributed by atoms with Gasteiger partial charge in [-0.1, -0.05) is 135 Å². The normalized spacial score (nSPS) is 16.0. The molecule has 0 radical (unpaired) electrons. The Labute approximate surface area is 309 Å². The molecule has 2 heteroatoms. The van der Waals surface area contributed by atoms with Crippen LogP contribution in [0.2, 0.25) is 0 Å². The molecule has 252 valence electrons. The summed E-state index contributed by atoms with van der Waals surface area (Å²) in [6, 6.07) is 58.9. The molecule has 0 N–H and O–H groups in total. The lowest BCUT2D eigenvalue weighted by Crippen LogP contribution is -2.14. The molecular weight excluding hydrogens is 641 g/mol. The largest absolute Gasteiger partial charge is 0.333 e. The molecule has 53 heavy (non-hydrogen) atoms. The van der Waals surface area contributed by atoms with Gasteiger partial charge in [0.1, 0.15) is 0 Å². The van der Waals surface area contributed by atoms with E-state index in [4.69, 9.17) is 0 Å². The van der Waals surface area contributed by atoms with Gasteiger partial charge in [0.25, 0.3) is 0 Å². The number of hydrogen-bond acceptors (Lipinski definition) is 0. The highest BCUT2D eigenvalue weighted by atomic mass is 15.0. The average molecular weight is 679 g/mol. The fourth-order valence-electron chi connectivity index (χ4n) is 9.49. The smallest absolute Gasteiger partial charge is 0.0566 e. The van der Waals surface area contributed by atoms with Crippen molar-refractivity contribution in [3.8, 4) is 27.9 Å². The molecule has 0 fully saturated rings. The third-order valence-electron chi connectivity index (χ3n) is 12.1. The van der Waals surface area contributed by atoms with E-state index < -0.39 is 0 Å². The molecule has 0 spiro atoms. The van der Waals surface area contributed by atoms with Crippen molar-refractivity contribution in [3.05, 3.63) is 193 Å². The van der Waals surface area contributed by atoms with Gasteiger partial charge in [-0.3, -0.25) is 0 Å². The second-order valence-corrected chi connectivity index (χ2v) is 15.3. The maximum Gasteiger partial charge on any atom is 0.0566 e. The fraction of sp³-hybridized carbons (Fsp3) is 0.0980. The minimum absolute atomic E-state index is 0.0648. The first-order valence-corrected chi connectivity index (χ1v) is 18.8. The molecule has 0 amide bonds. The zero-order valence-electron chi connectivity index (χ0n) is 29.9. The molecule has 0 bridgehead atoms. The van der Waals surface area contributed by atoms with Crippen LogP contribution < -0.4 is 0 Å². The number of benzene rings is 7. The lowest BCUT2D eigenvalue weighted by molar-refractivity contribution is 0.656. The Morgan fingerprint density at radius 2 is 1.13 bits per heavy atom. The third kappa shape index (κ3) is 4.45. The van der Waals surface area contributed by atoms with Crippen LogP contribution in [0.1, 0.15) is 43.0 Å². The van der Waals surface area contributed by atoms with E-state index in [0.717, 1.165) is 6.42 Å². The van der Waals surface area contributed by atoms with Gasteiger partial charge in [0.15, 0.2) is 0 Å². The SMILES string of the molecule is CC1(C)c2ccccc2-c2cc3c4cc(-c5ccc6c(c5)c5ccccc5n6C5C=CC=C(c6ccccc6)C5)ccc4n(-c4ccccc4)c3cc21. The van der Waals surface area contributed by atoms with Gasteiger partial charge in [0.05, 0.1) is 17.1 Å². The Morgan fingerprint density at radius 1 is 0.491 bits per heavy atom. The van der Waals surface area contributed by atoms with Gasteiger partial charge < -0.3 is 9.13 Å². The molecule has 0 saturated carbocycles. The Kier molecular flexibility index (Phi) is 6.46. The maximum absolute atomic E-state index is 2.55. The van der Waals surface area contributed by atoms with E-state index >= 15 is 0 Å². The lowest BCUT2D eigenvalue weighted by Gasteiger charge is -2.22. The predicted molar refractivity (Wildman–Crippen MR) is 224 cm³/mol. The molecule has 2 heterocycles. The topological polar surface area (TPSA) is 9.86 Å². The average Bonchev–Trinajstić information content (AvgIpc) is 3.80. The first kappa shape index (κ1) is 30.3. The van der Waals surface area contributed by atoms with Crippen molar-refractivity contribution < 1.29 is 0 Å². The molecule has 0 aliphatic heterocycles. The number of nitrogens with zero attached hydrogens (tertiary/aromatic N) is 2. The van der Waals surface area contributed by atoms with Crippen LogP contribution in [0.3, 0.4) is 0 Å². The Balaban J connectivity index is 1.09. The molecule has 2 nitrogen and oxygen atoms in total. The van der Waals surface area contributed by atoms with Crippen LogP contribution in [0, 0.1) is 0 Å². The van der Waals surface area contributed by atoms with Gasteiger partial charge in [-0.05, 0) is 106 Å². The van der Waals surface area contributed by atoms with Crippen LogP contribution in [0.25, 0.3) is 77.1 Å². The standard InChI is InChI=1S/C51H38N2/c1-51(2)45-22-11-9-20-39(45)41-31-44-43-30-36(25-27-49(43)52(50(44)32-46(41)51)37-17-7-4-8-18-37)35-24-26-48-42(29-35)40-21-10-12-23-47(40)53(48)38-19-13-16-34(28-38)33-14-5-3-6-15-33/h3-27,29-32,38H,28H2,1-2H3. The van der Waals surface area contributed by atoms with Crippen molar-refractivity contribution >= 4 is 49.2 Å². The molecule has 11 rings (SSSR count). The summed E-state index contributed by atoms with van der Waals surface area (Å²) in [4.78, 5) is 0. The summed E-state index contributed by atoms with van der Waals surface area (Å²) in [6.07, 6.45) is 7.83. The van der Waals surface area contributed by atoms with Gasteiger partial charge in [0, 0.05) is 43.7 Å². The summed E-state index contributed by atoms with van der Waals surface area (Å²) in [5, 5.41) is 5.17. The number of allylic oxidation sites excluding steroid dienone is 4. The van der Waals surface area contributed by atoms with E-state index in [2.05, 4.69) is 199 Å². The zero-order valence-corrected chi connectivity index (χ0v) is 29.9. The Hall–Kier alpha value is -6.38. The number of aromatic nitrogens is 2. The van der Waals surface area contributed by atoms with Crippen molar-refractivity contribution in [2.75, 3.05) is 0 Å². The highest BCUT2D eigenvalue weighted by Crippen LogP contribution is 2.51. The van der Waals surface area contributed by atoms with Crippen LogP contribution in [-0.4, -0.2) is 9.13 Å². The number of hydrogen-bond donors (Lipinski definition) is 0. The van der Waals surface area contributed by atoms with Crippen molar-refractivity contribution in [2.24, 2.45) is 0 Å². The number of fused-ring (bicyclic) bond motifs is 9. The van der Waals surface area contributed by atoms with Crippen molar-refractivity contribution in [3.63, 3.8) is 0 Å². The van der Waals surface area contributed by atoms with Gasteiger partial charge in [-0.2, -0.15) is 0 Å². The van der Waals surface area contributed by atoms with E-state index in [1.54, 1.807) is 0 Å². The molecular formula is C51H38N2. The van der Waals surface area contributed by atoms with Gasteiger partial charge in [-0.15, -0.1) is 0 Å². The highest BCUT2D eigenvalue weighted by Gasteiger charge is 2.36. The first-order chi connectivity index (χ1) is 26.0. The molecule has 1 atom stereocenters. The lowest BCUT2D eigenvalue weighted by atomic mass is 9.82.